The lowest BCUT2D eigenvalue weighted by molar-refractivity contribution is 1.36. The van der Waals surface area contributed by atoms with Crippen LogP contribution < -0.4 is 0 Å². The summed E-state index contributed by atoms with van der Waals surface area (Å²) >= 11 is 6.18. The summed E-state index contributed by atoms with van der Waals surface area (Å²) in [7, 11) is 0. The summed E-state index contributed by atoms with van der Waals surface area (Å²) in [5.74, 6) is 0. The first-order valence-corrected chi connectivity index (χ1v) is 6.13. The normalized spacial score (nSPS) is 12.2. The molecule has 0 aliphatic rings. The van der Waals surface area contributed by atoms with Gasteiger partial charge in [-0.15, -0.1) is 0 Å². The second-order valence-corrected chi connectivity index (χ2v) is 4.28. The molecule has 1 aromatic carbocycles. The van der Waals surface area contributed by atoms with Crippen molar-refractivity contribution in [3.63, 3.8) is 0 Å². The second-order valence-electron chi connectivity index (χ2n) is 3.87. The molecule has 0 atom stereocenters. The second kappa shape index (κ2) is 5.65. The van der Waals surface area contributed by atoms with Crippen molar-refractivity contribution in [1.29, 1.82) is 0 Å². The summed E-state index contributed by atoms with van der Waals surface area (Å²) < 4.78 is 0. The van der Waals surface area contributed by atoms with Crippen LogP contribution >= 0.6 is 11.6 Å². The Morgan fingerprint density at radius 1 is 1.28 bits per heavy atom. The van der Waals surface area contributed by atoms with Crippen LogP contribution in [-0.2, 0) is 0 Å². The van der Waals surface area contributed by atoms with Crippen molar-refractivity contribution >= 4 is 27.9 Å². The van der Waals surface area contributed by atoms with E-state index in [9.17, 15) is 0 Å². The van der Waals surface area contributed by atoms with Crippen LogP contribution in [-0.4, -0.2) is 4.98 Å². The topological polar surface area (TPSA) is 12.9 Å². The first kappa shape index (κ1) is 12.6. The Kier molecular flexibility index (Phi) is 3.96. The summed E-state index contributed by atoms with van der Waals surface area (Å²) in [4.78, 5) is 4.12. The zero-order chi connectivity index (χ0) is 13.0. The van der Waals surface area contributed by atoms with Crippen LogP contribution in [0.5, 0.6) is 0 Å². The van der Waals surface area contributed by atoms with Gasteiger partial charge in [0.05, 0.1) is 0 Å². The van der Waals surface area contributed by atoms with Gasteiger partial charge in [-0.25, -0.2) is 0 Å². The average Bonchev–Trinajstić information content (AvgIpc) is 2.42. The van der Waals surface area contributed by atoms with Crippen molar-refractivity contribution in [2.75, 3.05) is 0 Å². The van der Waals surface area contributed by atoms with Gasteiger partial charge >= 0.3 is 0 Å². The molecule has 1 aromatic heterocycles. The van der Waals surface area contributed by atoms with E-state index in [1.165, 1.54) is 0 Å². The smallest absolute Gasteiger partial charge is 0.0500 e. The minimum Gasteiger partial charge on any atom is -0.264 e. The quantitative estimate of drug-likeness (QED) is 0.701. The van der Waals surface area contributed by atoms with Crippen LogP contribution in [0, 0.1) is 0 Å². The lowest BCUT2D eigenvalue weighted by Gasteiger charge is -2.08. The molecule has 1 heterocycles. The number of hydrogen-bond acceptors (Lipinski definition) is 1. The molecule has 1 nitrogen and oxygen atoms in total. The van der Waals surface area contributed by atoms with E-state index in [1.54, 1.807) is 12.4 Å². The van der Waals surface area contributed by atoms with E-state index in [0.29, 0.717) is 0 Å². The van der Waals surface area contributed by atoms with E-state index in [-0.39, 0.29) is 0 Å². The van der Waals surface area contributed by atoms with Crippen molar-refractivity contribution in [3.05, 3.63) is 72.1 Å². The predicted octanol–water partition coefficient (Wildman–Crippen LogP) is 5.03. The van der Waals surface area contributed by atoms with Crippen LogP contribution in [0.4, 0.5) is 0 Å². The molecule has 2 aromatic rings. The Hall–Kier alpha value is -1.86. The molecular formula is C16H14ClN. The summed E-state index contributed by atoms with van der Waals surface area (Å²) in [6.07, 6.45) is 11.4. The minimum atomic E-state index is 0.719. The van der Waals surface area contributed by atoms with Gasteiger partial charge in [-0.1, -0.05) is 48.6 Å². The fourth-order valence-electron chi connectivity index (χ4n) is 1.88. The van der Waals surface area contributed by atoms with Gasteiger partial charge in [-0.3, -0.25) is 4.98 Å². The SMILES string of the molecule is C=C/C(=C\C=C/C)c1ccc(Cl)c2cnccc12. The predicted molar refractivity (Wildman–Crippen MR) is 79.7 cm³/mol. The molecule has 0 bridgehead atoms. The lowest BCUT2D eigenvalue weighted by atomic mass is 9.99. The molecule has 0 saturated carbocycles. The van der Waals surface area contributed by atoms with E-state index in [0.717, 1.165) is 26.9 Å². The molecule has 0 saturated heterocycles. The third kappa shape index (κ3) is 2.36. The Bertz CT molecular complexity index is 639. The van der Waals surface area contributed by atoms with Crippen molar-refractivity contribution in [2.24, 2.45) is 0 Å². The molecule has 0 aliphatic carbocycles. The van der Waals surface area contributed by atoms with Crippen molar-refractivity contribution in [1.82, 2.24) is 4.98 Å². The highest BCUT2D eigenvalue weighted by atomic mass is 35.5. The van der Waals surface area contributed by atoms with Crippen LogP contribution in [0.1, 0.15) is 12.5 Å². The highest BCUT2D eigenvalue weighted by molar-refractivity contribution is 6.35. The fourth-order valence-corrected chi connectivity index (χ4v) is 2.09. The maximum atomic E-state index is 6.18. The maximum Gasteiger partial charge on any atom is 0.0500 e. The first-order valence-electron chi connectivity index (χ1n) is 5.76. The number of allylic oxidation sites excluding steroid dienone is 5. The third-order valence-electron chi connectivity index (χ3n) is 2.76. The average molecular weight is 256 g/mol. The van der Waals surface area contributed by atoms with E-state index in [4.69, 9.17) is 11.6 Å². The maximum absolute atomic E-state index is 6.18. The number of halogens is 1. The van der Waals surface area contributed by atoms with Gasteiger partial charge in [0, 0.05) is 22.8 Å². The Morgan fingerprint density at radius 3 is 2.83 bits per heavy atom. The lowest BCUT2D eigenvalue weighted by Crippen LogP contribution is -1.86. The summed E-state index contributed by atoms with van der Waals surface area (Å²) in [6.45, 7) is 5.86. The molecule has 2 rings (SSSR count). The van der Waals surface area contributed by atoms with Crippen molar-refractivity contribution in [2.45, 2.75) is 6.92 Å². The highest BCUT2D eigenvalue weighted by Crippen LogP contribution is 2.30. The van der Waals surface area contributed by atoms with Crippen LogP contribution in [0.25, 0.3) is 16.3 Å². The third-order valence-corrected chi connectivity index (χ3v) is 3.09. The molecule has 2 heteroatoms. The summed E-state index contributed by atoms with van der Waals surface area (Å²) in [5, 5.41) is 2.77. The minimum absolute atomic E-state index is 0.719. The number of aromatic nitrogens is 1. The van der Waals surface area contributed by atoms with E-state index in [1.807, 2.05) is 49.4 Å². The van der Waals surface area contributed by atoms with Crippen molar-refractivity contribution in [3.8, 4) is 0 Å². The van der Waals surface area contributed by atoms with Gasteiger partial charge < -0.3 is 0 Å². The van der Waals surface area contributed by atoms with Gasteiger partial charge in [0.15, 0.2) is 0 Å². The monoisotopic (exact) mass is 255 g/mol. The number of benzene rings is 1. The number of rotatable bonds is 3. The van der Waals surface area contributed by atoms with E-state index < -0.39 is 0 Å². The van der Waals surface area contributed by atoms with E-state index >= 15 is 0 Å². The Labute approximate surface area is 112 Å². The van der Waals surface area contributed by atoms with Crippen LogP contribution in [0.15, 0.2) is 61.5 Å². The number of pyridine rings is 1. The molecular weight excluding hydrogens is 242 g/mol. The first-order chi connectivity index (χ1) is 8.77. The van der Waals surface area contributed by atoms with Gasteiger partial charge in [0.1, 0.15) is 0 Å². The highest BCUT2D eigenvalue weighted by Gasteiger charge is 2.06. The zero-order valence-electron chi connectivity index (χ0n) is 10.2. The molecule has 0 radical (unpaired) electrons. The molecule has 0 unspecified atom stereocenters. The molecule has 0 fully saturated rings. The van der Waals surface area contributed by atoms with Crippen LogP contribution in [0.2, 0.25) is 5.02 Å². The van der Waals surface area contributed by atoms with Gasteiger partial charge in [-0.05, 0) is 35.6 Å². The summed E-state index contributed by atoms with van der Waals surface area (Å²) in [6, 6.07) is 5.89. The zero-order valence-corrected chi connectivity index (χ0v) is 11.0. The number of nitrogens with zero attached hydrogens (tertiary/aromatic N) is 1. The number of hydrogen-bond donors (Lipinski definition) is 0. The molecule has 0 spiro atoms. The fraction of sp³-hybridized carbons (Fsp3) is 0.0625. The van der Waals surface area contributed by atoms with Crippen molar-refractivity contribution < 1.29 is 0 Å². The van der Waals surface area contributed by atoms with E-state index in [2.05, 4.69) is 11.6 Å². The number of fused-ring (bicyclic) bond motifs is 1. The summed E-state index contributed by atoms with van der Waals surface area (Å²) in [5.41, 5.74) is 2.19. The molecule has 0 amide bonds. The van der Waals surface area contributed by atoms with Gasteiger partial charge in [0.25, 0.3) is 0 Å². The van der Waals surface area contributed by atoms with Gasteiger partial charge in [-0.2, -0.15) is 0 Å². The Balaban J connectivity index is 2.71. The van der Waals surface area contributed by atoms with Crippen LogP contribution in [0.3, 0.4) is 0 Å². The largest absolute Gasteiger partial charge is 0.264 e. The molecule has 0 N–H and O–H groups in total. The molecule has 90 valence electrons. The standard InChI is InChI=1S/C16H14ClN/c1-3-5-6-12(4-2)13-7-8-16(17)15-11-18-10-9-14(13)15/h3-11H,2H2,1H3/b5-3-,12-6+. The molecule has 0 aliphatic heterocycles. The van der Waals surface area contributed by atoms with Gasteiger partial charge in [0.2, 0.25) is 0 Å². The molecule has 18 heavy (non-hydrogen) atoms. The Morgan fingerprint density at radius 2 is 2.11 bits per heavy atom.